The van der Waals surface area contributed by atoms with Crippen molar-refractivity contribution in [2.45, 2.75) is 46.0 Å². The minimum atomic E-state index is 1.05. The van der Waals surface area contributed by atoms with Crippen LogP contribution >= 0.6 is 0 Å². The first-order valence-corrected chi connectivity index (χ1v) is 6.29. The molecule has 74 valence electrons. The van der Waals surface area contributed by atoms with Crippen molar-refractivity contribution < 1.29 is 0 Å². The fourth-order valence-electron chi connectivity index (χ4n) is 4.90. The molecule has 0 radical (unpaired) electrons. The van der Waals surface area contributed by atoms with Crippen molar-refractivity contribution in [3.63, 3.8) is 0 Å². The van der Waals surface area contributed by atoms with Crippen molar-refractivity contribution in [1.82, 2.24) is 0 Å². The SMILES string of the molecule is CC1C(C)C2CC1C1CCCCC21. The third-order valence-electron chi connectivity index (χ3n) is 5.70. The van der Waals surface area contributed by atoms with E-state index in [1.807, 2.05) is 0 Å². The molecule has 3 saturated carbocycles. The molecule has 3 aliphatic carbocycles. The maximum atomic E-state index is 2.51. The molecule has 0 nitrogen and oxygen atoms in total. The summed E-state index contributed by atoms with van der Waals surface area (Å²) in [6.07, 6.45) is 7.81. The van der Waals surface area contributed by atoms with Crippen LogP contribution < -0.4 is 0 Å². The van der Waals surface area contributed by atoms with Gasteiger partial charge in [0.2, 0.25) is 0 Å². The largest absolute Gasteiger partial charge is 0.0620 e. The van der Waals surface area contributed by atoms with Crippen LogP contribution in [-0.4, -0.2) is 0 Å². The molecule has 0 N–H and O–H groups in total. The fourth-order valence-corrected chi connectivity index (χ4v) is 4.90. The van der Waals surface area contributed by atoms with Gasteiger partial charge in [-0.1, -0.05) is 26.7 Å². The first kappa shape index (κ1) is 8.32. The Bertz CT molecular complexity index is 182. The normalized spacial score (nSPS) is 59.5. The molecule has 2 bridgehead atoms. The van der Waals surface area contributed by atoms with E-state index in [1.54, 1.807) is 19.3 Å². The zero-order valence-electron chi connectivity index (χ0n) is 9.00. The molecule has 0 heteroatoms. The lowest BCUT2D eigenvalue weighted by Gasteiger charge is -2.41. The Labute approximate surface area is 82.1 Å². The molecule has 0 aromatic rings. The Morgan fingerprint density at radius 3 is 1.62 bits per heavy atom. The summed E-state index contributed by atoms with van der Waals surface area (Å²) < 4.78 is 0. The molecule has 0 aliphatic heterocycles. The van der Waals surface area contributed by atoms with Crippen LogP contribution in [0.5, 0.6) is 0 Å². The second-order valence-electron chi connectivity index (χ2n) is 5.89. The number of hydrogen-bond acceptors (Lipinski definition) is 0. The Morgan fingerprint density at radius 2 is 1.15 bits per heavy atom. The fraction of sp³-hybridized carbons (Fsp3) is 1.00. The van der Waals surface area contributed by atoms with E-state index in [2.05, 4.69) is 13.8 Å². The van der Waals surface area contributed by atoms with Gasteiger partial charge in [0, 0.05) is 0 Å². The van der Waals surface area contributed by atoms with Crippen molar-refractivity contribution in [2.24, 2.45) is 35.5 Å². The predicted molar refractivity (Wildman–Crippen MR) is 55.4 cm³/mol. The molecule has 0 aromatic heterocycles. The maximum Gasteiger partial charge on any atom is -0.0352 e. The summed E-state index contributed by atoms with van der Waals surface area (Å²) in [6.45, 7) is 5.03. The Kier molecular flexibility index (Phi) is 1.76. The molecule has 3 rings (SSSR count). The third kappa shape index (κ3) is 0.980. The lowest BCUT2D eigenvalue weighted by Crippen LogP contribution is -2.34. The Balaban J connectivity index is 1.86. The molecule has 0 amide bonds. The molecule has 0 spiro atoms. The summed E-state index contributed by atoms with van der Waals surface area (Å²) in [5, 5.41) is 0. The van der Waals surface area contributed by atoms with E-state index in [-0.39, 0.29) is 0 Å². The van der Waals surface area contributed by atoms with Gasteiger partial charge in [-0.15, -0.1) is 0 Å². The summed E-state index contributed by atoms with van der Waals surface area (Å²) in [7, 11) is 0. The van der Waals surface area contributed by atoms with Crippen LogP contribution in [0, 0.1) is 35.5 Å². The van der Waals surface area contributed by atoms with Crippen molar-refractivity contribution in [3.05, 3.63) is 0 Å². The van der Waals surface area contributed by atoms with Crippen LogP contribution in [-0.2, 0) is 0 Å². The van der Waals surface area contributed by atoms with Gasteiger partial charge in [-0.25, -0.2) is 0 Å². The van der Waals surface area contributed by atoms with Gasteiger partial charge < -0.3 is 0 Å². The molecular formula is C13H22. The average Bonchev–Trinajstić information content (AvgIpc) is 2.66. The number of fused-ring (bicyclic) bond motifs is 5. The van der Waals surface area contributed by atoms with Crippen LogP contribution in [0.25, 0.3) is 0 Å². The van der Waals surface area contributed by atoms with E-state index in [0.29, 0.717) is 0 Å². The highest BCUT2D eigenvalue weighted by molar-refractivity contribution is 5.03. The molecule has 0 saturated heterocycles. The first-order chi connectivity index (χ1) is 6.29. The third-order valence-corrected chi connectivity index (χ3v) is 5.70. The van der Waals surface area contributed by atoms with Gasteiger partial charge in [-0.2, -0.15) is 0 Å². The highest BCUT2D eigenvalue weighted by atomic mass is 14.6. The second-order valence-corrected chi connectivity index (χ2v) is 5.89. The van der Waals surface area contributed by atoms with Gasteiger partial charge >= 0.3 is 0 Å². The predicted octanol–water partition coefficient (Wildman–Crippen LogP) is 3.71. The van der Waals surface area contributed by atoms with E-state index in [0.717, 1.165) is 35.5 Å². The zero-order valence-corrected chi connectivity index (χ0v) is 9.00. The summed E-state index contributed by atoms with van der Waals surface area (Å²) in [5.41, 5.74) is 0. The quantitative estimate of drug-likeness (QED) is 0.530. The van der Waals surface area contributed by atoms with E-state index < -0.39 is 0 Å². The molecule has 0 heterocycles. The van der Waals surface area contributed by atoms with Gasteiger partial charge in [0.05, 0.1) is 0 Å². The standard InChI is InChI=1S/C13H22/c1-8-9(2)13-7-12(8)10-5-3-4-6-11(10)13/h8-13H,3-7H2,1-2H3. The van der Waals surface area contributed by atoms with Crippen LogP contribution in [0.4, 0.5) is 0 Å². The first-order valence-electron chi connectivity index (χ1n) is 6.29. The summed E-state index contributed by atoms with van der Waals surface area (Å²) >= 11 is 0. The highest BCUT2D eigenvalue weighted by Gasteiger charge is 2.54. The summed E-state index contributed by atoms with van der Waals surface area (Å²) in [5.74, 6) is 6.67. The van der Waals surface area contributed by atoms with E-state index in [1.165, 1.54) is 12.8 Å². The van der Waals surface area contributed by atoms with Gasteiger partial charge in [-0.3, -0.25) is 0 Å². The molecule has 6 atom stereocenters. The second kappa shape index (κ2) is 2.74. The van der Waals surface area contributed by atoms with Crippen molar-refractivity contribution in [3.8, 4) is 0 Å². The minimum Gasteiger partial charge on any atom is -0.0620 e. The van der Waals surface area contributed by atoms with Crippen molar-refractivity contribution >= 4 is 0 Å². The zero-order chi connectivity index (χ0) is 9.00. The van der Waals surface area contributed by atoms with E-state index in [9.17, 15) is 0 Å². The van der Waals surface area contributed by atoms with Gasteiger partial charge in [0.25, 0.3) is 0 Å². The lowest BCUT2D eigenvalue weighted by molar-refractivity contribution is 0.0801. The molecule has 13 heavy (non-hydrogen) atoms. The Hall–Kier alpha value is 0. The van der Waals surface area contributed by atoms with Gasteiger partial charge in [-0.05, 0) is 54.8 Å². The van der Waals surface area contributed by atoms with Gasteiger partial charge in [0.15, 0.2) is 0 Å². The number of rotatable bonds is 0. The van der Waals surface area contributed by atoms with Crippen LogP contribution in [0.1, 0.15) is 46.0 Å². The van der Waals surface area contributed by atoms with Crippen molar-refractivity contribution in [2.75, 3.05) is 0 Å². The summed E-state index contributed by atoms with van der Waals surface area (Å²) in [6, 6.07) is 0. The molecule has 0 aromatic carbocycles. The minimum absolute atomic E-state index is 1.05. The monoisotopic (exact) mass is 178 g/mol. The van der Waals surface area contributed by atoms with E-state index in [4.69, 9.17) is 0 Å². The van der Waals surface area contributed by atoms with E-state index >= 15 is 0 Å². The average molecular weight is 178 g/mol. The lowest BCUT2D eigenvalue weighted by atomic mass is 9.64. The smallest absolute Gasteiger partial charge is 0.0352 e. The van der Waals surface area contributed by atoms with Crippen molar-refractivity contribution in [1.29, 1.82) is 0 Å². The van der Waals surface area contributed by atoms with Crippen LogP contribution in [0.3, 0.4) is 0 Å². The maximum absolute atomic E-state index is 2.51. The Morgan fingerprint density at radius 1 is 0.692 bits per heavy atom. The van der Waals surface area contributed by atoms with Gasteiger partial charge in [0.1, 0.15) is 0 Å². The molecule has 6 unspecified atom stereocenters. The summed E-state index contributed by atoms with van der Waals surface area (Å²) in [4.78, 5) is 0. The van der Waals surface area contributed by atoms with Crippen LogP contribution in [0.15, 0.2) is 0 Å². The molecule has 3 fully saturated rings. The van der Waals surface area contributed by atoms with Crippen LogP contribution in [0.2, 0.25) is 0 Å². The molecular weight excluding hydrogens is 156 g/mol. The highest BCUT2D eigenvalue weighted by Crippen LogP contribution is 2.61. The number of hydrogen-bond donors (Lipinski definition) is 0. The molecule has 3 aliphatic rings. The topological polar surface area (TPSA) is 0 Å².